The van der Waals surface area contributed by atoms with Crippen LogP contribution in [0.5, 0.6) is 0 Å². The summed E-state index contributed by atoms with van der Waals surface area (Å²) in [6, 6.07) is 8.37. The number of carbonyl (C=O) groups is 2. The van der Waals surface area contributed by atoms with E-state index in [0.717, 1.165) is 6.42 Å². The fraction of sp³-hybridized carbons (Fsp3) is 0.250. The molecule has 22 heavy (non-hydrogen) atoms. The van der Waals surface area contributed by atoms with Crippen molar-refractivity contribution in [3.63, 3.8) is 0 Å². The van der Waals surface area contributed by atoms with Crippen molar-refractivity contribution in [3.05, 3.63) is 51.7 Å². The molecule has 0 radical (unpaired) electrons. The first-order chi connectivity index (χ1) is 10.6. The Bertz CT molecular complexity index is 726. The number of urea groups is 1. The zero-order valence-corrected chi connectivity index (χ0v) is 13.0. The van der Waals surface area contributed by atoms with Crippen LogP contribution in [0.3, 0.4) is 0 Å². The second-order valence-electron chi connectivity index (χ2n) is 5.29. The van der Waals surface area contributed by atoms with Crippen LogP contribution in [-0.4, -0.2) is 23.4 Å². The van der Waals surface area contributed by atoms with Crippen LogP contribution in [0.15, 0.2) is 35.7 Å². The molecule has 1 atom stereocenters. The van der Waals surface area contributed by atoms with E-state index in [2.05, 4.69) is 16.8 Å². The maximum atomic E-state index is 12.8. The average Bonchev–Trinajstić information content (AvgIpc) is 2.96. The number of hydrogen-bond donors (Lipinski definition) is 2. The largest absolute Gasteiger partial charge is 0.351 e. The zero-order chi connectivity index (χ0) is 15.7. The van der Waals surface area contributed by atoms with E-state index in [9.17, 15) is 9.59 Å². The molecule has 1 aliphatic rings. The van der Waals surface area contributed by atoms with Crippen LogP contribution in [0.25, 0.3) is 0 Å². The Morgan fingerprint density at radius 3 is 2.95 bits per heavy atom. The second kappa shape index (κ2) is 5.81. The fourth-order valence-corrected chi connectivity index (χ4v) is 3.79. The Balaban J connectivity index is 1.84. The van der Waals surface area contributed by atoms with Gasteiger partial charge in [-0.3, -0.25) is 4.79 Å². The molecule has 0 fully saturated rings. The Morgan fingerprint density at radius 2 is 2.18 bits per heavy atom. The highest BCUT2D eigenvalue weighted by Gasteiger charge is 2.28. The number of hydrogen-bond acceptors (Lipinski definition) is 3. The van der Waals surface area contributed by atoms with Gasteiger partial charge in [0.05, 0.1) is 6.04 Å². The summed E-state index contributed by atoms with van der Waals surface area (Å²) >= 11 is 1.75. The first-order valence-electron chi connectivity index (χ1n) is 7.10. The van der Waals surface area contributed by atoms with E-state index in [1.54, 1.807) is 35.6 Å². The first-order valence-corrected chi connectivity index (χ1v) is 7.98. The lowest BCUT2D eigenvalue weighted by Crippen LogP contribution is -2.38. The number of anilines is 1. The molecule has 0 unspecified atom stereocenters. The Labute approximate surface area is 132 Å². The lowest BCUT2D eigenvalue weighted by molar-refractivity contribution is 0.0679. The van der Waals surface area contributed by atoms with Gasteiger partial charge in [0.15, 0.2) is 0 Å². The van der Waals surface area contributed by atoms with Gasteiger partial charge in [-0.25, -0.2) is 4.79 Å². The third-order valence-corrected chi connectivity index (χ3v) is 4.91. The van der Waals surface area contributed by atoms with Gasteiger partial charge >= 0.3 is 6.03 Å². The summed E-state index contributed by atoms with van der Waals surface area (Å²) in [5.41, 5.74) is 7.42. The molecule has 114 valence electrons. The molecule has 1 aromatic carbocycles. The zero-order valence-electron chi connectivity index (χ0n) is 12.2. The van der Waals surface area contributed by atoms with Gasteiger partial charge in [-0.2, -0.15) is 0 Å². The van der Waals surface area contributed by atoms with Crippen LogP contribution in [0.4, 0.5) is 10.5 Å². The molecule has 6 heteroatoms. The predicted molar refractivity (Wildman–Crippen MR) is 87.1 cm³/mol. The van der Waals surface area contributed by atoms with E-state index in [-0.39, 0.29) is 11.9 Å². The van der Waals surface area contributed by atoms with Crippen molar-refractivity contribution in [2.45, 2.75) is 19.4 Å². The second-order valence-corrected chi connectivity index (χ2v) is 6.29. The number of fused-ring (bicyclic) bond motifs is 1. The Morgan fingerprint density at radius 1 is 1.36 bits per heavy atom. The van der Waals surface area contributed by atoms with Crippen LogP contribution in [0, 0.1) is 0 Å². The molecule has 3 N–H and O–H groups in total. The quantitative estimate of drug-likeness (QED) is 0.894. The number of benzene rings is 1. The Hall–Kier alpha value is -2.34. The van der Waals surface area contributed by atoms with Crippen molar-refractivity contribution in [3.8, 4) is 0 Å². The summed E-state index contributed by atoms with van der Waals surface area (Å²) in [7, 11) is 0. The number of nitrogens with two attached hydrogens (primary N) is 1. The van der Waals surface area contributed by atoms with Crippen LogP contribution < -0.4 is 11.1 Å². The highest BCUT2D eigenvalue weighted by molar-refractivity contribution is 7.10. The standard InChI is InChI=1S/C16H17N3O2S/c1-10-13-6-8-22-14(13)5-7-19(10)15(20)11-3-2-4-12(9-11)18-16(17)21/h2-4,6,8-10H,5,7H2,1H3,(H3,17,18,21)/t10-/m1/s1. The Kier molecular flexibility index (Phi) is 3.85. The van der Waals surface area contributed by atoms with Crippen LogP contribution >= 0.6 is 11.3 Å². The summed E-state index contributed by atoms with van der Waals surface area (Å²) in [6.45, 7) is 2.76. The van der Waals surface area contributed by atoms with Gasteiger partial charge in [0.2, 0.25) is 0 Å². The highest BCUT2D eigenvalue weighted by Crippen LogP contribution is 2.33. The summed E-state index contributed by atoms with van der Waals surface area (Å²) in [5.74, 6) is -0.0301. The third kappa shape index (κ3) is 2.69. The van der Waals surface area contributed by atoms with Crippen molar-refractivity contribution >= 4 is 29.0 Å². The number of thiophene rings is 1. The van der Waals surface area contributed by atoms with Gasteiger partial charge in [-0.1, -0.05) is 6.07 Å². The van der Waals surface area contributed by atoms with Crippen molar-refractivity contribution in [1.82, 2.24) is 4.90 Å². The molecule has 2 aromatic rings. The average molecular weight is 315 g/mol. The molecule has 1 aliphatic heterocycles. The number of primary amides is 1. The maximum Gasteiger partial charge on any atom is 0.316 e. The van der Waals surface area contributed by atoms with Crippen molar-refractivity contribution in [1.29, 1.82) is 0 Å². The SMILES string of the molecule is C[C@@H]1c2ccsc2CCN1C(=O)c1cccc(NC(N)=O)c1. The molecule has 0 saturated heterocycles. The number of amides is 3. The lowest BCUT2D eigenvalue weighted by Gasteiger charge is -2.33. The summed E-state index contributed by atoms with van der Waals surface area (Å²) in [4.78, 5) is 26.9. The van der Waals surface area contributed by atoms with Crippen LogP contribution in [0.2, 0.25) is 0 Å². The number of carbonyl (C=O) groups excluding carboxylic acids is 2. The molecule has 0 spiro atoms. The van der Waals surface area contributed by atoms with Crippen LogP contribution in [0.1, 0.15) is 33.8 Å². The molecule has 2 heterocycles. The molecular formula is C16H17N3O2S. The number of nitrogens with one attached hydrogen (secondary N) is 1. The molecule has 3 rings (SSSR count). The van der Waals surface area contributed by atoms with Gasteiger partial charge in [0.25, 0.3) is 5.91 Å². The minimum Gasteiger partial charge on any atom is -0.351 e. The summed E-state index contributed by atoms with van der Waals surface area (Å²) in [5, 5.41) is 4.57. The summed E-state index contributed by atoms with van der Waals surface area (Å²) in [6.07, 6.45) is 0.891. The van der Waals surface area contributed by atoms with Crippen LogP contribution in [-0.2, 0) is 6.42 Å². The first kappa shape index (κ1) is 14.6. The summed E-state index contributed by atoms with van der Waals surface area (Å²) < 4.78 is 0. The van der Waals surface area contributed by atoms with E-state index in [0.29, 0.717) is 17.8 Å². The van der Waals surface area contributed by atoms with Gasteiger partial charge in [0, 0.05) is 22.7 Å². The monoisotopic (exact) mass is 315 g/mol. The molecular weight excluding hydrogens is 298 g/mol. The highest BCUT2D eigenvalue weighted by atomic mass is 32.1. The van der Waals surface area contributed by atoms with Crippen molar-refractivity contribution in [2.75, 3.05) is 11.9 Å². The normalized spacial score (nSPS) is 17.0. The molecule has 0 saturated carbocycles. The molecule has 5 nitrogen and oxygen atoms in total. The number of nitrogens with zero attached hydrogens (tertiary/aromatic N) is 1. The van der Waals surface area contributed by atoms with E-state index in [1.807, 2.05) is 11.8 Å². The topological polar surface area (TPSA) is 75.4 Å². The third-order valence-electron chi connectivity index (χ3n) is 3.92. The van der Waals surface area contributed by atoms with E-state index in [1.165, 1.54) is 10.4 Å². The molecule has 3 amide bonds. The smallest absolute Gasteiger partial charge is 0.316 e. The maximum absolute atomic E-state index is 12.8. The predicted octanol–water partition coefficient (Wildman–Crippen LogP) is 3.00. The van der Waals surface area contributed by atoms with E-state index >= 15 is 0 Å². The van der Waals surface area contributed by atoms with Gasteiger partial charge in [0.1, 0.15) is 0 Å². The molecule has 1 aromatic heterocycles. The fourth-order valence-electron chi connectivity index (χ4n) is 2.82. The molecule has 0 aliphatic carbocycles. The molecule has 0 bridgehead atoms. The van der Waals surface area contributed by atoms with Gasteiger partial charge in [-0.05, 0) is 48.6 Å². The number of rotatable bonds is 2. The van der Waals surface area contributed by atoms with Crippen molar-refractivity contribution < 1.29 is 9.59 Å². The van der Waals surface area contributed by atoms with Gasteiger partial charge < -0.3 is 16.0 Å². The minimum atomic E-state index is -0.640. The minimum absolute atomic E-state index is 0.0301. The lowest BCUT2D eigenvalue weighted by atomic mass is 10.0. The van der Waals surface area contributed by atoms with Gasteiger partial charge in [-0.15, -0.1) is 11.3 Å². The van der Waals surface area contributed by atoms with E-state index < -0.39 is 6.03 Å². The van der Waals surface area contributed by atoms with E-state index in [4.69, 9.17) is 5.73 Å². The van der Waals surface area contributed by atoms with Crippen molar-refractivity contribution in [2.24, 2.45) is 5.73 Å².